The summed E-state index contributed by atoms with van der Waals surface area (Å²) in [6.45, 7) is -0.127. The van der Waals surface area contributed by atoms with Gasteiger partial charge in [-0.05, 0) is 47.4 Å². The summed E-state index contributed by atoms with van der Waals surface area (Å²) in [6, 6.07) is 16.2. The molecule has 3 aliphatic rings. The second-order valence-electron chi connectivity index (χ2n) is 8.74. The zero-order chi connectivity index (χ0) is 21.6. The van der Waals surface area contributed by atoms with Crippen LogP contribution in [0.15, 0.2) is 48.5 Å². The van der Waals surface area contributed by atoms with Crippen molar-refractivity contribution in [2.75, 3.05) is 13.2 Å². The summed E-state index contributed by atoms with van der Waals surface area (Å²) in [5, 5.41) is 14.1. The zero-order valence-electron chi connectivity index (χ0n) is 17.0. The molecular weight excluding hydrogens is 396 g/mol. The molecule has 2 amide bonds. The number of nitrogens with one attached hydrogen (secondary N) is 2. The van der Waals surface area contributed by atoms with Crippen LogP contribution in [0.5, 0.6) is 0 Å². The molecule has 0 aromatic heterocycles. The first kappa shape index (κ1) is 19.6. The van der Waals surface area contributed by atoms with E-state index in [1.807, 2.05) is 24.3 Å². The van der Waals surface area contributed by atoms with Crippen LogP contribution < -0.4 is 10.6 Å². The van der Waals surface area contributed by atoms with Crippen LogP contribution in [0, 0.1) is 11.3 Å². The molecule has 5 rings (SSSR count). The van der Waals surface area contributed by atoms with Crippen molar-refractivity contribution in [1.82, 2.24) is 10.6 Å². The number of carbonyl (C=O) groups excluding carboxylic acids is 2. The maximum absolute atomic E-state index is 12.5. The minimum Gasteiger partial charge on any atom is -0.480 e. The minimum atomic E-state index is -1.06. The Morgan fingerprint density at radius 3 is 2.29 bits per heavy atom. The highest BCUT2D eigenvalue weighted by Crippen LogP contribution is 2.63. The first-order valence-electron chi connectivity index (χ1n) is 10.6. The van der Waals surface area contributed by atoms with Crippen LogP contribution in [0.25, 0.3) is 11.1 Å². The van der Waals surface area contributed by atoms with E-state index in [9.17, 15) is 14.4 Å². The van der Waals surface area contributed by atoms with E-state index >= 15 is 0 Å². The number of aliphatic carboxylic acids is 1. The molecule has 3 N–H and O–H groups in total. The summed E-state index contributed by atoms with van der Waals surface area (Å²) in [5.41, 5.74) is 4.14. The van der Waals surface area contributed by atoms with Crippen molar-refractivity contribution in [2.45, 2.75) is 31.2 Å². The molecule has 0 aliphatic heterocycles. The van der Waals surface area contributed by atoms with Crippen LogP contribution in [-0.2, 0) is 14.3 Å². The number of amides is 2. The fourth-order valence-corrected chi connectivity index (χ4v) is 5.43. The number of benzene rings is 2. The third kappa shape index (κ3) is 3.44. The van der Waals surface area contributed by atoms with Gasteiger partial charge in [0.15, 0.2) is 0 Å². The number of hydrogen-bond acceptors (Lipinski definition) is 4. The lowest BCUT2D eigenvalue weighted by Crippen LogP contribution is -2.39. The molecule has 0 heterocycles. The van der Waals surface area contributed by atoms with E-state index in [-0.39, 0.29) is 36.9 Å². The molecule has 160 valence electrons. The third-order valence-corrected chi connectivity index (χ3v) is 6.93. The second-order valence-corrected chi connectivity index (χ2v) is 8.74. The molecule has 2 fully saturated rings. The molecular formula is C24H24N2O5. The van der Waals surface area contributed by atoms with Gasteiger partial charge in [-0.3, -0.25) is 9.59 Å². The smallest absolute Gasteiger partial charge is 0.407 e. The van der Waals surface area contributed by atoms with E-state index in [1.165, 1.54) is 11.1 Å². The predicted octanol–water partition coefficient (Wildman–Crippen LogP) is 2.89. The molecule has 0 bridgehead atoms. The Balaban J connectivity index is 1.18. The summed E-state index contributed by atoms with van der Waals surface area (Å²) < 4.78 is 5.60. The van der Waals surface area contributed by atoms with Crippen LogP contribution in [0.1, 0.15) is 36.3 Å². The van der Waals surface area contributed by atoms with E-state index < -0.39 is 17.5 Å². The summed E-state index contributed by atoms with van der Waals surface area (Å²) >= 11 is 0. The van der Waals surface area contributed by atoms with E-state index in [0.29, 0.717) is 12.8 Å². The molecule has 0 saturated heterocycles. The molecule has 31 heavy (non-hydrogen) atoms. The lowest BCUT2D eigenvalue weighted by Gasteiger charge is -2.19. The number of ether oxygens (including phenoxy) is 1. The van der Waals surface area contributed by atoms with Gasteiger partial charge in [0.05, 0.1) is 5.41 Å². The van der Waals surface area contributed by atoms with Crippen molar-refractivity contribution < 1.29 is 24.2 Å². The zero-order valence-corrected chi connectivity index (χ0v) is 17.0. The highest BCUT2D eigenvalue weighted by Gasteiger charge is 2.65. The van der Waals surface area contributed by atoms with Gasteiger partial charge in [0.2, 0.25) is 5.91 Å². The Labute approximate surface area is 179 Å². The van der Waals surface area contributed by atoms with Crippen molar-refractivity contribution in [2.24, 2.45) is 11.3 Å². The number of carboxylic acid groups (broad SMARTS) is 1. The van der Waals surface area contributed by atoms with Crippen LogP contribution in [0.3, 0.4) is 0 Å². The third-order valence-electron chi connectivity index (χ3n) is 6.93. The maximum Gasteiger partial charge on any atom is 0.407 e. The van der Waals surface area contributed by atoms with E-state index in [2.05, 4.69) is 34.9 Å². The number of fused-ring (bicyclic) bond motifs is 4. The van der Waals surface area contributed by atoms with Crippen LogP contribution in [0.2, 0.25) is 0 Å². The van der Waals surface area contributed by atoms with Crippen molar-refractivity contribution in [1.29, 1.82) is 0 Å². The number of rotatable bonds is 6. The molecule has 7 heteroatoms. The van der Waals surface area contributed by atoms with Crippen LogP contribution >= 0.6 is 0 Å². The van der Waals surface area contributed by atoms with E-state index in [0.717, 1.165) is 17.5 Å². The summed E-state index contributed by atoms with van der Waals surface area (Å²) in [4.78, 5) is 35.5. The van der Waals surface area contributed by atoms with Gasteiger partial charge < -0.3 is 20.5 Å². The Morgan fingerprint density at radius 1 is 1.00 bits per heavy atom. The van der Waals surface area contributed by atoms with Gasteiger partial charge in [-0.2, -0.15) is 0 Å². The van der Waals surface area contributed by atoms with Crippen LogP contribution in [0.4, 0.5) is 4.79 Å². The number of hydrogen-bond donors (Lipinski definition) is 3. The van der Waals surface area contributed by atoms with Gasteiger partial charge in [-0.15, -0.1) is 0 Å². The normalized spacial score (nSPS) is 25.2. The molecule has 2 aromatic carbocycles. The average Bonchev–Trinajstić information content (AvgIpc) is 3.19. The Morgan fingerprint density at radius 2 is 1.65 bits per heavy atom. The summed E-state index contributed by atoms with van der Waals surface area (Å²) in [7, 11) is 0. The summed E-state index contributed by atoms with van der Waals surface area (Å²) in [6.07, 6.45) is 1.51. The van der Waals surface area contributed by atoms with Crippen LogP contribution in [-0.4, -0.2) is 42.3 Å². The van der Waals surface area contributed by atoms with Gasteiger partial charge in [-0.1, -0.05) is 48.5 Å². The Bertz CT molecular complexity index is 1020. The molecule has 2 saturated carbocycles. The number of alkyl carbamates (subject to hydrolysis) is 1. The number of carboxylic acids is 1. The van der Waals surface area contributed by atoms with Crippen molar-refractivity contribution in [3.05, 3.63) is 59.7 Å². The van der Waals surface area contributed by atoms with Crippen molar-refractivity contribution >= 4 is 18.0 Å². The molecule has 7 nitrogen and oxygen atoms in total. The first-order valence-corrected chi connectivity index (χ1v) is 10.6. The van der Waals surface area contributed by atoms with Gasteiger partial charge in [0, 0.05) is 12.0 Å². The minimum absolute atomic E-state index is 0.00303. The summed E-state index contributed by atoms with van der Waals surface area (Å²) in [5.74, 6) is -1.09. The highest BCUT2D eigenvalue weighted by molar-refractivity contribution is 5.89. The first-order chi connectivity index (χ1) is 15.0. The standard InChI is InChI=1S/C24H24N2O5/c27-21(28)12-25-22(29)24-10-14(24)9-15(11-24)26-23(30)31-13-20-18-7-3-1-5-16(18)17-6-2-4-8-19(17)20/h1-8,14-15,20H,9-13H2,(H,25,29)(H,26,30)(H,27,28). The molecule has 3 atom stereocenters. The fraction of sp³-hybridized carbons (Fsp3) is 0.375. The monoisotopic (exact) mass is 420 g/mol. The fourth-order valence-electron chi connectivity index (χ4n) is 5.43. The molecule has 0 radical (unpaired) electrons. The Kier molecular flexibility index (Phi) is 4.68. The SMILES string of the molecule is O=C(O)CNC(=O)C12CC(NC(=O)OCC3c4ccccc4-c4ccccc43)CC1C2. The quantitative estimate of drug-likeness (QED) is 0.667. The van der Waals surface area contributed by atoms with E-state index in [1.54, 1.807) is 0 Å². The lowest BCUT2D eigenvalue weighted by molar-refractivity contribution is -0.138. The van der Waals surface area contributed by atoms with Crippen molar-refractivity contribution in [3.8, 4) is 11.1 Å². The second kappa shape index (κ2) is 7.41. The largest absolute Gasteiger partial charge is 0.480 e. The Hall–Kier alpha value is -3.35. The highest BCUT2D eigenvalue weighted by atomic mass is 16.5. The van der Waals surface area contributed by atoms with Gasteiger partial charge >= 0.3 is 12.1 Å². The van der Waals surface area contributed by atoms with E-state index in [4.69, 9.17) is 9.84 Å². The average molecular weight is 420 g/mol. The molecule has 3 unspecified atom stereocenters. The topological polar surface area (TPSA) is 105 Å². The lowest BCUT2D eigenvalue weighted by atomic mass is 9.98. The predicted molar refractivity (Wildman–Crippen MR) is 112 cm³/mol. The molecule has 2 aromatic rings. The van der Waals surface area contributed by atoms with Gasteiger partial charge in [-0.25, -0.2) is 4.79 Å². The van der Waals surface area contributed by atoms with Gasteiger partial charge in [0.25, 0.3) is 0 Å². The molecule has 3 aliphatic carbocycles. The number of carbonyl (C=O) groups is 3. The molecule has 0 spiro atoms. The maximum atomic E-state index is 12.5. The van der Waals surface area contributed by atoms with Gasteiger partial charge in [0.1, 0.15) is 13.2 Å². The van der Waals surface area contributed by atoms with Crippen molar-refractivity contribution in [3.63, 3.8) is 0 Å².